The highest BCUT2D eigenvalue weighted by Gasteiger charge is 2.45. The molecule has 6 rings (SSSR count). The molecule has 0 radical (unpaired) electrons. The second kappa shape index (κ2) is 11.4. The summed E-state index contributed by atoms with van der Waals surface area (Å²) in [6.07, 6.45) is 6.70. The molecule has 0 bridgehead atoms. The number of rotatable bonds is 8. The van der Waals surface area contributed by atoms with Gasteiger partial charge in [0.15, 0.2) is 0 Å². The number of hydrogen-bond donors (Lipinski definition) is 2. The zero-order chi connectivity index (χ0) is 29.6. The van der Waals surface area contributed by atoms with Crippen LogP contribution >= 0.6 is 11.6 Å². The Labute approximate surface area is 252 Å². The minimum Gasteiger partial charge on any atom is -0.490 e. The summed E-state index contributed by atoms with van der Waals surface area (Å²) in [5.41, 5.74) is 4.24. The number of benzene rings is 2. The van der Waals surface area contributed by atoms with Gasteiger partial charge in [-0.25, -0.2) is 18.4 Å². The third-order valence-corrected chi connectivity index (χ3v) is 11.4. The number of sulfonamides is 1. The van der Waals surface area contributed by atoms with Gasteiger partial charge in [0.1, 0.15) is 11.9 Å². The normalized spacial score (nSPS) is 27.5. The number of oxime groups is 1. The molecule has 2 aromatic rings. The second-order valence-electron chi connectivity index (χ2n) is 12.5. The standard InChI is InChI=1S/C31H38ClN3O6S/c1-19(42(33,38)39)4-8-24-15-29(41-34-24)25-9-5-22(25)16-35-17-31(12-2-3-20-13-23(32)7-10-26(20)31)18-40-28-11-6-21(30(36)37)14-27(28)35/h6-7,10-11,13-14,19,22,25,29H,2-5,8-9,12,15-18H2,1H3,(H,36,37)(H2,33,38,39)/t19-,22+,25-,29-,31+/m1/s1. The molecule has 2 aliphatic carbocycles. The molecular weight excluding hydrogens is 578 g/mol. The molecule has 5 atom stereocenters. The number of aryl methyl sites for hydroxylation is 1. The first-order valence-corrected chi connectivity index (χ1v) is 16.8. The Bertz CT molecular complexity index is 1510. The molecule has 0 unspecified atom stereocenters. The fourth-order valence-corrected chi connectivity index (χ4v) is 7.84. The predicted molar refractivity (Wildman–Crippen MR) is 162 cm³/mol. The Hall–Kier alpha value is -2.82. The number of fused-ring (bicyclic) bond motifs is 3. The maximum atomic E-state index is 11.9. The van der Waals surface area contributed by atoms with Crippen LogP contribution in [0.5, 0.6) is 5.75 Å². The lowest BCUT2D eigenvalue weighted by atomic mass is 9.68. The SMILES string of the molecule is C[C@H](CCC1=NO[C@@H]([C@@H]2CC[C@H]2CN2C[C@@]3(CCCc4cc(Cl)ccc43)COc3ccc(C(=O)O)cc32)C1)S(N)(=O)=O. The first-order chi connectivity index (χ1) is 20.0. The molecule has 1 fully saturated rings. The summed E-state index contributed by atoms with van der Waals surface area (Å²) in [5, 5.41) is 19.5. The molecule has 4 aliphatic rings. The van der Waals surface area contributed by atoms with Crippen molar-refractivity contribution in [3.8, 4) is 5.75 Å². The van der Waals surface area contributed by atoms with Gasteiger partial charge in [0.05, 0.1) is 28.8 Å². The van der Waals surface area contributed by atoms with Crippen molar-refractivity contribution in [1.82, 2.24) is 0 Å². The average Bonchev–Trinajstić information content (AvgIpc) is 3.33. The Morgan fingerprint density at radius 2 is 2.10 bits per heavy atom. The summed E-state index contributed by atoms with van der Waals surface area (Å²) in [7, 11) is -3.57. The Morgan fingerprint density at radius 3 is 2.83 bits per heavy atom. The smallest absolute Gasteiger partial charge is 0.335 e. The van der Waals surface area contributed by atoms with Crippen LogP contribution in [-0.2, 0) is 26.7 Å². The van der Waals surface area contributed by atoms with Gasteiger partial charge in [-0.1, -0.05) is 22.8 Å². The molecular formula is C31H38ClN3O6S. The Morgan fingerprint density at radius 1 is 1.26 bits per heavy atom. The number of ether oxygens (including phenoxy) is 1. The predicted octanol–water partition coefficient (Wildman–Crippen LogP) is 5.14. The van der Waals surface area contributed by atoms with Crippen LogP contribution in [0.2, 0.25) is 5.02 Å². The number of carboxylic acid groups (broad SMARTS) is 1. The summed E-state index contributed by atoms with van der Waals surface area (Å²) >= 11 is 6.37. The van der Waals surface area contributed by atoms with Crippen molar-refractivity contribution in [2.24, 2.45) is 22.1 Å². The first kappa shape index (κ1) is 29.3. The lowest BCUT2D eigenvalue weighted by Crippen LogP contribution is -2.49. The van der Waals surface area contributed by atoms with Crippen molar-refractivity contribution < 1.29 is 27.9 Å². The topological polar surface area (TPSA) is 132 Å². The lowest BCUT2D eigenvalue weighted by molar-refractivity contribution is -0.0213. The highest BCUT2D eigenvalue weighted by Crippen LogP contribution is 2.47. The number of anilines is 1. The van der Waals surface area contributed by atoms with Crippen LogP contribution in [0.25, 0.3) is 0 Å². The van der Waals surface area contributed by atoms with Gasteiger partial charge in [-0.15, -0.1) is 0 Å². The van der Waals surface area contributed by atoms with Crippen molar-refractivity contribution >= 4 is 39.0 Å². The molecule has 1 spiro atoms. The van der Waals surface area contributed by atoms with Crippen molar-refractivity contribution in [2.75, 3.05) is 24.6 Å². The largest absolute Gasteiger partial charge is 0.490 e. The van der Waals surface area contributed by atoms with Gasteiger partial charge in [0.2, 0.25) is 10.0 Å². The van der Waals surface area contributed by atoms with Gasteiger partial charge in [-0.2, -0.15) is 0 Å². The summed E-state index contributed by atoms with van der Waals surface area (Å²) in [6, 6.07) is 11.3. The molecule has 2 aliphatic heterocycles. The lowest BCUT2D eigenvalue weighted by Gasteiger charge is -2.45. The van der Waals surface area contributed by atoms with Gasteiger partial charge < -0.3 is 19.6 Å². The number of nitrogens with two attached hydrogens (primary N) is 1. The van der Waals surface area contributed by atoms with E-state index in [0.717, 1.165) is 61.6 Å². The number of carbonyl (C=O) groups is 1. The van der Waals surface area contributed by atoms with Crippen LogP contribution in [0.1, 0.15) is 73.4 Å². The van der Waals surface area contributed by atoms with E-state index < -0.39 is 21.2 Å². The molecule has 9 nitrogen and oxygen atoms in total. The Balaban J connectivity index is 1.22. The summed E-state index contributed by atoms with van der Waals surface area (Å²) < 4.78 is 29.7. The van der Waals surface area contributed by atoms with E-state index in [1.165, 1.54) is 11.1 Å². The van der Waals surface area contributed by atoms with Crippen LogP contribution in [0.15, 0.2) is 41.6 Å². The van der Waals surface area contributed by atoms with E-state index in [4.69, 9.17) is 26.3 Å². The van der Waals surface area contributed by atoms with E-state index in [9.17, 15) is 18.3 Å². The van der Waals surface area contributed by atoms with Crippen molar-refractivity contribution in [2.45, 2.75) is 75.1 Å². The number of carboxylic acids is 1. The molecule has 0 aromatic heterocycles. The number of aromatic carboxylic acids is 1. The van der Waals surface area contributed by atoms with E-state index >= 15 is 0 Å². The summed E-state index contributed by atoms with van der Waals surface area (Å²) in [6.45, 7) is 3.62. The van der Waals surface area contributed by atoms with Gasteiger partial charge >= 0.3 is 5.97 Å². The maximum Gasteiger partial charge on any atom is 0.335 e. The van der Waals surface area contributed by atoms with Crippen LogP contribution in [0.3, 0.4) is 0 Å². The Kier molecular flexibility index (Phi) is 7.91. The summed E-state index contributed by atoms with van der Waals surface area (Å²) in [5.74, 6) is 0.403. The van der Waals surface area contributed by atoms with Crippen LogP contribution in [-0.4, -0.2) is 56.3 Å². The number of hydrogen-bond acceptors (Lipinski definition) is 7. The van der Waals surface area contributed by atoms with Crippen molar-refractivity contribution in [3.63, 3.8) is 0 Å². The van der Waals surface area contributed by atoms with Crippen LogP contribution in [0.4, 0.5) is 5.69 Å². The average molecular weight is 616 g/mol. The zero-order valence-corrected chi connectivity index (χ0v) is 25.4. The molecule has 2 aromatic carbocycles. The molecule has 1 saturated carbocycles. The van der Waals surface area contributed by atoms with E-state index in [0.29, 0.717) is 43.5 Å². The highest BCUT2D eigenvalue weighted by molar-refractivity contribution is 7.89. The van der Waals surface area contributed by atoms with Gasteiger partial charge in [-0.3, -0.25) is 0 Å². The third kappa shape index (κ3) is 5.73. The molecule has 42 heavy (non-hydrogen) atoms. The molecule has 226 valence electrons. The van der Waals surface area contributed by atoms with Crippen molar-refractivity contribution in [3.05, 3.63) is 58.1 Å². The van der Waals surface area contributed by atoms with Gasteiger partial charge in [-0.05, 0) is 99.2 Å². The van der Waals surface area contributed by atoms with Crippen molar-refractivity contribution in [1.29, 1.82) is 0 Å². The van der Waals surface area contributed by atoms with Crippen LogP contribution in [0, 0.1) is 11.8 Å². The fraction of sp³-hybridized carbons (Fsp3) is 0.548. The molecule has 11 heteroatoms. The minimum absolute atomic E-state index is 0.0388. The molecule has 0 saturated heterocycles. The molecule has 0 amide bonds. The zero-order valence-electron chi connectivity index (χ0n) is 23.8. The number of halogens is 1. The van der Waals surface area contributed by atoms with Gasteiger partial charge in [0, 0.05) is 35.9 Å². The van der Waals surface area contributed by atoms with E-state index in [1.54, 1.807) is 25.1 Å². The quantitative estimate of drug-likeness (QED) is 0.420. The number of primary sulfonamides is 1. The fourth-order valence-electron chi connectivity index (χ4n) is 7.20. The maximum absolute atomic E-state index is 11.9. The van der Waals surface area contributed by atoms with E-state index in [-0.39, 0.29) is 17.1 Å². The van der Waals surface area contributed by atoms with Crippen LogP contribution < -0.4 is 14.8 Å². The second-order valence-corrected chi connectivity index (χ2v) is 15.0. The van der Waals surface area contributed by atoms with Gasteiger partial charge in [0.25, 0.3) is 0 Å². The first-order valence-electron chi connectivity index (χ1n) is 14.8. The highest BCUT2D eigenvalue weighted by atomic mass is 35.5. The number of nitrogens with zero attached hydrogens (tertiary/aromatic N) is 2. The molecule has 3 N–H and O–H groups in total. The summed E-state index contributed by atoms with van der Waals surface area (Å²) in [4.78, 5) is 20.2. The van der Waals surface area contributed by atoms with E-state index in [1.807, 2.05) is 6.07 Å². The van der Waals surface area contributed by atoms with E-state index in [2.05, 4.69) is 22.2 Å². The minimum atomic E-state index is -3.57. The third-order valence-electron chi connectivity index (χ3n) is 9.85. The molecule has 2 heterocycles. The monoisotopic (exact) mass is 615 g/mol.